The van der Waals surface area contributed by atoms with Crippen molar-refractivity contribution >= 4 is 42.6 Å². The second-order valence-corrected chi connectivity index (χ2v) is 11.3. The lowest BCUT2D eigenvalue weighted by atomic mass is 10.2. The molecule has 0 radical (unpaired) electrons. The van der Waals surface area contributed by atoms with E-state index in [1.54, 1.807) is 17.0 Å². The van der Waals surface area contributed by atoms with Gasteiger partial charge in [-0.3, -0.25) is 9.69 Å². The van der Waals surface area contributed by atoms with E-state index in [0.717, 1.165) is 27.5 Å². The van der Waals surface area contributed by atoms with Crippen LogP contribution < -0.4 is 26.8 Å². The molecule has 34 heavy (non-hydrogen) atoms. The van der Waals surface area contributed by atoms with E-state index in [0.29, 0.717) is 28.7 Å². The van der Waals surface area contributed by atoms with Crippen LogP contribution in [0.1, 0.15) is 16.8 Å². The standard InChI is InChI=1S/C22H26N4O5S2.ClH/c1-24(2)10-5-11-26(21(27)15-6-8-16(9-7-15)33(28,29)25(3)4)22-23-17-12-18-19(31-14-30-18)13-20(17)32-22;/h6-9,12-13H,5,10-11,14H2,1-4H3;1H/p-1. The summed E-state index contributed by atoms with van der Waals surface area (Å²) in [5, 5.41) is 0.572. The predicted molar refractivity (Wildman–Crippen MR) is 128 cm³/mol. The largest absolute Gasteiger partial charge is 1.00 e. The van der Waals surface area contributed by atoms with Gasteiger partial charge in [0.1, 0.15) is 0 Å². The Balaban J connectivity index is 0.00000324. The van der Waals surface area contributed by atoms with Crippen molar-refractivity contribution in [3.63, 3.8) is 0 Å². The van der Waals surface area contributed by atoms with Gasteiger partial charge in [0.05, 0.1) is 15.1 Å². The number of aromatic nitrogens is 1. The average molecular weight is 526 g/mol. The lowest BCUT2D eigenvalue weighted by molar-refractivity contribution is -0.0000183. The quantitative estimate of drug-likeness (QED) is 0.405. The van der Waals surface area contributed by atoms with E-state index in [9.17, 15) is 13.2 Å². The van der Waals surface area contributed by atoms with Crippen molar-refractivity contribution in [1.82, 2.24) is 14.2 Å². The SMILES string of the molecule is CN(C)CCCN(C(=O)c1ccc(S(=O)(=O)N(C)C)cc1)c1nc2cc3c(cc2s1)OCO3.[Cl-]. The molecule has 0 fully saturated rings. The number of anilines is 1. The summed E-state index contributed by atoms with van der Waals surface area (Å²) in [4.78, 5) is 22.0. The number of hydrogen-bond donors (Lipinski definition) is 0. The van der Waals surface area contributed by atoms with Gasteiger partial charge in [0.2, 0.25) is 16.8 Å². The Morgan fingerprint density at radius 1 is 1.03 bits per heavy atom. The summed E-state index contributed by atoms with van der Waals surface area (Å²) in [5.74, 6) is 1.07. The maximum atomic E-state index is 13.5. The van der Waals surface area contributed by atoms with Crippen LogP contribution in [-0.2, 0) is 10.0 Å². The molecule has 184 valence electrons. The minimum atomic E-state index is -3.57. The van der Waals surface area contributed by atoms with Crippen molar-refractivity contribution in [2.45, 2.75) is 11.3 Å². The van der Waals surface area contributed by atoms with Crippen molar-refractivity contribution in [2.75, 3.05) is 53.0 Å². The number of fused-ring (bicyclic) bond motifs is 2. The van der Waals surface area contributed by atoms with Gasteiger partial charge in [-0.15, -0.1) is 0 Å². The normalized spacial score (nSPS) is 12.9. The lowest BCUT2D eigenvalue weighted by Crippen LogP contribution is -3.00. The summed E-state index contributed by atoms with van der Waals surface area (Å²) in [7, 11) is 3.34. The predicted octanol–water partition coefficient (Wildman–Crippen LogP) is -0.122. The third kappa shape index (κ3) is 5.28. The van der Waals surface area contributed by atoms with Gasteiger partial charge in [-0.2, -0.15) is 0 Å². The summed E-state index contributed by atoms with van der Waals surface area (Å²) >= 11 is 1.41. The number of nitrogens with zero attached hydrogens (tertiary/aromatic N) is 4. The first-order valence-corrected chi connectivity index (χ1v) is 12.6. The zero-order chi connectivity index (χ0) is 23.8. The van der Waals surface area contributed by atoms with Gasteiger partial charge in [-0.05, 0) is 51.3 Å². The smallest absolute Gasteiger partial charge is 0.260 e. The Morgan fingerprint density at radius 3 is 2.29 bits per heavy atom. The number of sulfonamides is 1. The molecule has 0 saturated heterocycles. The van der Waals surface area contributed by atoms with E-state index in [1.165, 1.54) is 37.6 Å². The number of carbonyl (C=O) groups excluding carboxylic acids is 1. The van der Waals surface area contributed by atoms with Crippen molar-refractivity contribution in [2.24, 2.45) is 0 Å². The number of thiazole rings is 1. The molecule has 0 atom stereocenters. The van der Waals surface area contributed by atoms with Crippen LogP contribution in [0.4, 0.5) is 5.13 Å². The summed E-state index contributed by atoms with van der Waals surface area (Å²) in [5.41, 5.74) is 1.13. The van der Waals surface area contributed by atoms with Gasteiger partial charge in [-0.25, -0.2) is 17.7 Å². The molecule has 0 spiro atoms. The maximum Gasteiger partial charge on any atom is 0.260 e. The molecule has 4 rings (SSSR count). The van der Waals surface area contributed by atoms with E-state index >= 15 is 0 Å². The van der Waals surface area contributed by atoms with Crippen molar-refractivity contribution in [3.05, 3.63) is 42.0 Å². The number of benzene rings is 2. The first-order valence-electron chi connectivity index (χ1n) is 10.4. The van der Waals surface area contributed by atoms with E-state index < -0.39 is 10.0 Å². The Kier molecular flexibility index (Phi) is 8.04. The first-order chi connectivity index (χ1) is 15.7. The molecular formula is C22H26ClN4O5S2-. The van der Waals surface area contributed by atoms with E-state index in [4.69, 9.17) is 9.47 Å². The highest BCUT2D eigenvalue weighted by Gasteiger charge is 2.24. The Hall–Kier alpha value is -2.44. The molecule has 0 aliphatic carbocycles. The van der Waals surface area contributed by atoms with E-state index in [1.807, 2.05) is 26.2 Å². The van der Waals surface area contributed by atoms with E-state index in [-0.39, 0.29) is 30.0 Å². The zero-order valence-corrected chi connectivity index (χ0v) is 21.7. The summed E-state index contributed by atoms with van der Waals surface area (Å²) in [6, 6.07) is 9.70. The number of ether oxygens (including phenoxy) is 2. The van der Waals surface area contributed by atoms with Gasteiger partial charge in [-0.1, -0.05) is 11.3 Å². The molecule has 9 nitrogen and oxygen atoms in total. The first kappa shape index (κ1) is 26.2. The minimum absolute atomic E-state index is 0. The second kappa shape index (κ2) is 10.4. The van der Waals surface area contributed by atoms with Crippen LogP contribution in [0.2, 0.25) is 0 Å². The molecule has 1 aromatic heterocycles. The second-order valence-electron chi connectivity index (χ2n) is 8.10. The number of amides is 1. The highest BCUT2D eigenvalue weighted by Crippen LogP contribution is 2.40. The Morgan fingerprint density at radius 2 is 1.68 bits per heavy atom. The topological polar surface area (TPSA) is 92.3 Å². The van der Waals surface area contributed by atoms with Gasteiger partial charge in [0.25, 0.3) is 5.91 Å². The van der Waals surface area contributed by atoms with Crippen LogP contribution >= 0.6 is 11.3 Å². The number of carbonyl (C=O) groups is 1. The molecule has 1 aliphatic heterocycles. The van der Waals surface area contributed by atoms with E-state index in [2.05, 4.69) is 9.88 Å². The molecule has 1 aliphatic rings. The number of hydrogen-bond acceptors (Lipinski definition) is 8. The molecule has 0 bridgehead atoms. The molecule has 1 amide bonds. The Labute approximate surface area is 209 Å². The third-order valence-electron chi connectivity index (χ3n) is 5.21. The zero-order valence-electron chi connectivity index (χ0n) is 19.3. The van der Waals surface area contributed by atoms with Crippen LogP contribution in [0.15, 0.2) is 41.3 Å². The van der Waals surface area contributed by atoms with Crippen molar-refractivity contribution in [1.29, 1.82) is 0 Å². The highest BCUT2D eigenvalue weighted by molar-refractivity contribution is 7.89. The molecule has 2 heterocycles. The minimum Gasteiger partial charge on any atom is -1.00 e. The Bertz CT molecular complexity index is 1240. The third-order valence-corrected chi connectivity index (χ3v) is 8.08. The monoisotopic (exact) mass is 525 g/mol. The van der Waals surface area contributed by atoms with Crippen molar-refractivity contribution < 1.29 is 35.1 Å². The summed E-state index contributed by atoms with van der Waals surface area (Å²) in [6.45, 7) is 1.47. The van der Waals surface area contributed by atoms with Gasteiger partial charge < -0.3 is 26.8 Å². The molecule has 12 heteroatoms. The van der Waals surface area contributed by atoms with Crippen LogP contribution in [0, 0.1) is 0 Å². The van der Waals surface area contributed by atoms with Crippen LogP contribution in [-0.4, -0.2) is 76.6 Å². The molecule has 2 aromatic carbocycles. The fraction of sp³-hybridized carbons (Fsp3) is 0.364. The fourth-order valence-electron chi connectivity index (χ4n) is 3.39. The van der Waals surface area contributed by atoms with Gasteiger partial charge in [0.15, 0.2) is 16.6 Å². The number of rotatable bonds is 8. The summed E-state index contributed by atoms with van der Waals surface area (Å²) < 4.78 is 37.6. The molecule has 3 aromatic rings. The van der Waals surface area contributed by atoms with Gasteiger partial charge in [0, 0.05) is 38.3 Å². The van der Waals surface area contributed by atoms with Crippen LogP contribution in [0.3, 0.4) is 0 Å². The fourth-order valence-corrected chi connectivity index (χ4v) is 5.29. The molecule has 0 N–H and O–H groups in total. The lowest BCUT2D eigenvalue weighted by Gasteiger charge is -2.21. The van der Waals surface area contributed by atoms with Gasteiger partial charge >= 0.3 is 0 Å². The molecular weight excluding hydrogens is 500 g/mol. The molecule has 0 unspecified atom stereocenters. The van der Waals surface area contributed by atoms with Crippen LogP contribution in [0.5, 0.6) is 11.5 Å². The van der Waals surface area contributed by atoms with Crippen LogP contribution in [0.25, 0.3) is 10.2 Å². The average Bonchev–Trinajstić information content (AvgIpc) is 3.40. The van der Waals surface area contributed by atoms with Crippen molar-refractivity contribution in [3.8, 4) is 11.5 Å². The highest BCUT2D eigenvalue weighted by atomic mass is 35.5. The summed E-state index contributed by atoms with van der Waals surface area (Å²) in [6.07, 6.45) is 0.754. The maximum absolute atomic E-state index is 13.5. The number of halogens is 1. The molecule has 0 saturated carbocycles.